The first-order valence-electron chi connectivity index (χ1n) is 9.73. The fraction of sp³-hybridized carbons (Fsp3) is 0.273. The molecule has 1 unspecified atom stereocenters. The lowest BCUT2D eigenvalue weighted by Gasteiger charge is -2.15. The van der Waals surface area contributed by atoms with E-state index in [1.165, 1.54) is 0 Å². The lowest BCUT2D eigenvalue weighted by molar-refractivity contribution is -0.142. The van der Waals surface area contributed by atoms with Gasteiger partial charge in [0.05, 0.1) is 10.9 Å². The second-order valence-corrected chi connectivity index (χ2v) is 7.20. The zero-order valence-corrected chi connectivity index (χ0v) is 16.2. The second kappa shape index (κ2) is 8.36. The van der Waals surface area contributed by atoms with Crippen LogP contribution in [-0.4, -0.2) is 39.2 Å². The van der Waals surface area contributed by atoms with Crippen molar-refractivity contribution in [1.29, 1.82) is 0 Å². The molecule has 0 fully saturated rings. The molecule has 1 aromatic heterocycles. The SMILES string of the molecule is O=C(COc1ccc2nc3n(c(=O)c2c1)CCC3)NC(Cc1ccccc1)C(=O)O. The molecule has 30 heavy (non-hydrogen) atoms. The normalized spacial score (nSPS) is 13.6. The first kappa shape index (κ1) is 19.6. The molecule has 4 rings (SSSR count). The third-order valence-corrected chi connectivity index (χ3v) is 5.07. The van der Waals surface area contributed by atoms with Crippen molar-refractivity contribution >= 4 is 22.8 Å². The van der Waals surface area contributed by atoms with E-state index in [0.717, 1.165) is 24.2 Å². The van der Waals surface area contributed by atoms with Gasteiger partial charge in [0, 0.05) is 19.4 Å². The Morgan fingerprint density at radius 1 is 1.20 bits per heavy atom. The van der Waals surface area contributed by atoms with Crippen LogP contribution in [-0.2, 0) is 29.0 Å². The number of carboxylic acid groups (broad SMARTS) is 1. The average molecular weight is 407 g/mol. The van der Waals surface area contributed by atoms with Gasteiger partial charge >= 0.3 is 5.97 Å². The zero-order chi connectivity index (χ0) is 21.1. The van der Waals surface area contributed by atoms with Crippen molar-refractivity contribution in [3.63, 3.8) is 0 Å². The predicted octanol–water partition coefficient (Wildman–Crippen LogP) is 1.53. The van der Waals surface area contributed by atoms with Gasteiger partial charge < -0.3 is 15.2 Å². The molecule has 2 heterocycles. The fourth-order valence-corrected chi connectivity index (χ4v) is 3.59. The van der Waals surface area contributed by atoms with E-state index >= 15 is 0 Å². The topological polar surface area (TPSA) is 111 Å². The summed E-state index contributed by atoms with van der Waals surface area (Å²) in [5, 5.41) is 12.3. The van der Waals surface area contributed by atoms with E-state index in [9.17, 15) is 19.5 Å². The summed E-state index contributed by atoms with van der Waals surface area (Å²) in [5.41, 5.74) is 1.29. The van der Waals surface area contributed by atoms with Crippen LogP contribution in [0.15, 0.2) is 53.3 Å². The summed E-state index contributed by atoms with van der Waals surface area (Å²) in [4.78, 5) is 40.9. The quantitative estimate of drug-likeness (QED) is 0.615. The number of hydrogen-bond acceptors (Lipinski definition) is 5. The van der Waals surface area contributed by atoms with Gasteiger partial charge in [-0.05, 0) is 30.2 Å². The molecule has 8 nitrogen and oxygen atoms in total. The number of carbonyl (C=O) groups is 2. The largest absolute Gasteiger partial charge is 0.484 e. The Bertz CT molecular complexity index is 1160. The number of hydrogen-bond donors (Lipinski definition) is 2. The lowest BCUT2D eigenvalue weighted by Crippen LogP contribution is -2.44. The number of aliphatic carboxylic acids is 1. The smallest absolute Gasteiger partial charge is 0.326 e. The van der Waals surface area contributed by atoms with Gasteiger partial charge in [-0.2, -0.15) is 0 Å². The number of nitrogens with one attached hydrogen (secondary N) is 1. The number of rotatable bonds is 7. The third kappa shape index (κ3) is 4.17. The van der Waals surface area contributed by atoms with E-state index in [1.54, 1.807) is 34.9 Å². The fourth-order valence-electron chi connectivity index (χ4n) is 3.59. The van der Waals surface area contributed by atoms with Gasteiger partial charge in [-0.25, -0.2) is 9.78 Å². The minimum atomic E-state index is -1.12. The Balaban J connectivity index is 1.42. The molecule has 1 amide bonds. The van der Waals surface area contributed by atoms with Gasteiger partial charge in [0.25, 0.3) is 11.5 Å². The highest BCUT2D eigenvalue weighted by Gasteiger charge is 2.21. The maximum absolute atomic E-state index is 12.6. The highest BCUT2D eigenvalue weighted by atomic mass is 16.5. The summed E-state index contributed by atoms with van der Waals surface area (Å²) in [6.45, 7) is 0.298. The summed E-state index contributed by atoms with van der Waals surface area (Å²) in [5.74, 6) is -0.531. The van der Waals surface area contributed by atoms with Crippen molar-refractivity contribution < 1.29 is 19.4 Å². The van der Waals surface area contributed by atoms with Crippen molar-refractivity contribution in [3.05, 3.63) is 70.3 Å². The Labute approximate surface area is 172 Å². The monoisotopic (exact) mass is 407 g/mol. The lowest BCUT2D eigenvalue weighted by atomic mass is 10.1. The molecule has 8 heteroatoms. The molecule has 0 bridgehead atoms. The number of ether oxygens (including phenoxy) is 1. The summed E-state index contributed by atoms with van der Waals surface area (Å²) >= 11 is 0. The van der Waals surface area contributed by atoms with Gasteiger partial charge in [0.1, 0.15) is 17.6 Å². The third-order valence-electron chi connectivity index (χ3n) is 5.07. The molecule has 2 aromatic carbocycles. The zero-order valence-electron chi connectivity index (χ0n) is 16.2. The number of benzene rings is 2. The van der Waals surface area contributed by atoms with Gasteiger partial charge in [-0.3, -0.25) is 14.2 Å². The number of aromatic nitrogens is 2. The van der Waals surface area contributed by atoms with E-state index in [-0.39, 0.29) is 18.6 Å². The molecular formula is C22H21N3O5. The molecule has 154 valence electrons. The first-order chi connectivity index (χ1) is 14.5. The van der Waals surface area contributed by atoms with Crippen molar-refractivity contribution in [2.45, 2.75) is 31.8 Å². The van der Waals surface area contributed by atoms with E-state index in [2.05, 4.69) is 10.3 Å². The standard InChI is InChI=1S/C22H21N3O5/c26-20(24-18(22(28)29)11-14-5-2-1-3-6-14)13-30-15-8-9-17-16(12-15)21(27)25-10-4-7-19(25)23-17/h1-3,5-6,8-9,12,18H,4,7,10-11,13H2,(H,24,26)(H,28,29). The molecule has 0 radical (unpaired) electrons. The van der Waals surface area contributed by atoms with Gasteiger partial charge in [0.15, 0.2) is 6.61 Å². The van der Waals surface area contributed by atoms with Gasteiger partial charge in [-0.1, -0.05) is 30.3 Å². The van der Waals surface area contributed by atoms with Crippen LogP contribution in [0.1, 0.15) is 17.8 Å². The summed E-state index contributed by atoms with van der Waals surface area (Å²) in [6.07, 6.45) is 1.86. The van der Waals surface area contributed by atoms with Crippen LogP contribution < -0.4 is 15.6 Å². The van der Waals surface area contributed by atoms with Gasteiger partial charge in [-0.15, -0.1) is 0 Å². The molecule has 0 spiro atoms. The second-order valence-electron chi connectivity index (χ2n) is 7.20. The van der Waals surface area contributed by atoms with E-state index in [4.69, 9.17) is 4.74 Å². The van der Waals surface area contributed by atoms with Crippen LogP contribution in [0.5, 0.6) is 5.75 Å². The van der Waals surface area contributed by atoms with Crippen LogP contribution in [0.25, 0.3) is 10.9 Å². The molecule has 1 atom stereocenters. The summed E-state index contributed by atoms with van der Waals surface area (Å²) < 4.78 is 7.17. The van der Waals surface area contributed by atoms with Crippen molar-refractivity contribution in [2.24, 2.45) is 0 Å². The number of amides is 1. The Hall–Kier alpha value is -3.68. The summed E-state index contributed by atoms with van der Waals surface area (Å²) in [6, 6.07) is 12.9. The van der Waals surface area contributed by atoms with Crippen LogP contribution in [0.4, 0.5) is 0 Å². The van der Waals surface area contributed by atoms with Crippen LogP contribution in [0.3, 0.4) is 0 Å². The van der Waals surface area contributed by atoms with Crippen LogP contribution in [0, 0.1) is 0 Å². The highest BCUT2D eigenvalue weighted by Crippen LogP contribution is 2.19. The minimum Gasteiger partial charge on any atom is -0.484 e. The molecule has 0 saturated heterocycles. The minimum absolute atomic E-state index is 0.115. The van der Waals surface area contributed by atoms with Crippen LogP contribution in [0.2, 0.25) is 0 Å². The number of fused-ring (bicyclic) bond motifs is 2. The van der Waals surface area contributed by atoms with E-state index in [0.29, 0.717) is 23.2 Å². The average Bonchev–Trinajstić information content (AvgIpc) is 3.22. The Kier molecular flexibility index (Phi) is 5.47. The van der Waals surface area contributed by atoms with Gasteiger partial charge in [0.2, 0.25) is 0 Å². The molecule has 0 aliphatic carbocycles. The maximum atomic E-state index is 12.6. The Morgan fingerprint density at radius 2 is 2.00 bits per heavy atom. The van der Waals surface area contributed by atoms with E-state index < -0.39 is 17.9 Å². The predicted molar refractivity (Wildman–Crippen MR) is 110 cm³/mol. The molecule has 3 aromatic rings. The maximum Gasteiger partial charge on any atom is 0.326 e. The number of nitrogens with zero attached hydrogens (tertiary/aromatic N) is 2. The van der Waals surface area contributed by atoms with Crippen molar-refractivity contribution in [1.82, 2.24) is 14.9 Å². The summed E-state index contributed by atoms with van der Waals surface area (Å²) in [7, 11) is 0. The molecule has 1 aliphatic heterocycles. The molecule has 0 saturated carbocycles. The Morgan fingerprint density at radius 3 is 2.77 bits per heavy atom. The van der Waals surface area contributed by atoms with Crippen LogP contribution >= 0.6 is 0 Å². The molecule has 1 aliphatic rings. The van der Waals surface area contributed by atoms with Crippen molar-refractivity contribution in [2.75, 3.05) is 6.61 Å². The highest BCUT2D eigenvalue weighted by molar-refractivity contribution is 5.85. The van der Waals surface area contributed by atoms with E-state index in [1.807, 2.05) is 18.2 Å². The number of carbonyl (C=O) groups excluding carboxylic acids is 1. The van der Waals surface area contributed by atoms with Crippen molar-refractivity contribution in [3.8, 4) is 5.75 Å². The molecular weight excluding hydrogens is 386 g/mol. The molecule has 2 N–H and O–H groups in total. The first-order valence-corrected chi connectivity index (χ1v) is 9.73. The number of carboxylic acids is 1. The number of aryl methyl sites for hydroxylation is 1.